The van der Waals surface area contributed by atoms with E-state index in [4.69, 9.17) is 10.5 Å². The second-order valence-corrected chi connectivity index (χ2v) is 6.35. The highest BCUT2D eigenvalue weighted by Crippen LogP contribution is 2.33. The number of hydrogen-bond acceptors (Lipinski definition) is 3. The predicted octanol–water partition coefficient (Wildman–Crippen LogP) is 3.09. The van der Waals surface area contributed by atoms with Gasteiger partial charge in [-0.25, -0.2) is 4.39 Å². The number of hydrogen-bond donors (Lipinski definition) is 2. The van der Waals surface area contributed by atoms with Gasteiger partial charge in [-0.1, -0.05) is 6.42 Å². The van der Waals surface area contributed by atoms with Crippen molar-refractivity contribution in [2.24, 2.45) is 11.7 Å². The Bertz CT molecular complexity index is 555. The lowest BCUT2D eigenvalue weighted by molar-refractivity contribution is -0.122. The molecule has 3 rings (SSSR count). The normalized spacial score (nSPS) is 26.4. The van der Waals surface area contributed by atoms with E-state index in [1.165, 1.54) is 12.1 Å². The van der Waals surface area contributed by atoms with Crippen LogP contribution in [-0.2, 0) is 4.79 Å². The molecule has 0 bridgehead atoms. The number of benzene rings is 1. The van der Waals surface area contributed by atoms with Gasteiger partial charge in [0, 0.05) is 18.0 Å². The highest BCUT2D eigenvalue weighted by molar-refractivity contribution is 5.85. The molecule has 0 saturated heterocycles. The first kappa shape index (κ1) is 18.0. The Morgan fingerprint density at radius 1 is 1.30 bits per heavy atom. The fraction of sp³-hybridized carbons (Fsp3) is 0.588. The lowest BCUT2D eigenvalue weighted by Gasteiger charge is -2.21. The van der Waals surface area contributed by atoms with Crippen molar-refractivity contribution in [1.29, 1.82) is 0 Å². The molecule has 1 aliphatic heterocycles. The van der Waals surface area contributed by atoms with Gasteiger partial charge in [-0.15, -0.1) is 12.4 Å². The number of nitrogens with one attached hydrogen (secondary N) is 1. The van der Waals surface area contributed by atoms with Crippen LogP contribution in [0.3, 0.4) is 0 Å². The molecule has 1 aromatic carbocycles. The summed E-state index contributed by atoms with van der Waals surface area (Å²) < 4.78 is 19.2. The second-order valence-electron chi connectivity index (χ2n) is 6.35. The average Bonchev–Trinajstić information content (AvgIpc) is 2.78. The SMILES string of the molecule is Cl.N[C@@H]1CCC[C@H]1CC(=O)NC1CCCOc2ccc(F)cc21. The Morgan fingerprint density at radius 3 is 2.87 bits per heavy atom. The van der Waals surface area contributed by atoms with E-state index in [0.717, 1.165) is 37.7 Å². The Morgan fingerprint density at radius 2 is 2.13 bits per heavy atom. The fourth-order valence-corrected chi connectivity index (χ4v) is 3.51. The van der Waals surface area contributed by atoms with Gasteiger partial charge < -0.3 is 15.8 Å². The van der Waals surface area contributed by atoms with E-state index in [9.17, 15) is 9.18 Å². The number of fused-ring (bicyclic) bond motifs is 1. The van der Waals surface area contributed by atoms with Crippen LogP contribution in [-0.4, -0.2) is 18.6 Å². The lowest BCUT2D eigenvalue weighted by atomic mass is 9.98. The smallest absolute Gasteiger partial charge is 0.220 e. The zero-order valence-corrected chi connectivity index (χ0v) is 13.9. The Labute approximate surface area is 142 Å². The van der Waals surface area contributed by atoms with Crippen LogP contribution in [0.15, 0.2) is 18.2 Å². The minimum absolute atomic E-state index is 0. The summed E-state index contributed by atoms with van der Waals surface area (Å²) in [6.45, 7) is 0.596. The molecule has 0 spiro atoms. The van der Waals surface area contributed by atoms with Gasteiger partial charge in [-0.2, -0.15) is 0 Å². The van der Waals surface area contributed by atoms with Crippen LogP contribution in [0.4, 0.5) is 4.39 Å². The van der Waals surface area contributed by atoms with Crippen molar-refractivity contribution >= 4 is 18.3 Å². The third-order valence-corrected chi connectivity index (χ3v) is 4.74. The number of carbonyl (C=O) groups is 1. The van der Waals surface area contributed by atoms with Crippen molar-refractivity contribution in [1.82, 2.24) is 5.32 Å². The molecule has 1 fully saturated rings. The standard InChI is InChI=1S/C17H23FN2O2.ClH/c18-12-6-7-16-13(10-12)15(5-2-8-22-16)20-17(21)9-11-3-1-4-14(11)19;/h6-7,10-11,14-15H,1-5,8-9,19H2,(H,20,21);1H/t11-,14+,15?;/m0./s1. The van der Waals surface area contributed by atoms with E-state index in [2.05, 4.69) is 5.32 Å². The van der Waals surface area contributed by atoms with Gasteiger partial charge in [0.25, 0.3) is 0 Å². The van der Waals surface area contributed by atoms with E-state index in [1.807, 2.05) is 0 Å². The largest absolute Gasteiger partial charge is 0.493 e. The molecule has 1 aliphatic carbocycles. The summed E-state index contributed by atoms with van der Waals surface area (Å²) in [5.41, 5.74) is 6.77. The number of ether oxygens (including phenoxy) is 1. The molecule has 4 nitrogen and oxygen atoms in total. The van der Waals surface area contributed by atoms with Crippen LogP contribution in [0.2, 0.25) is 0 Å². The molecule has 1 saturated carbocycles. The van der Waals surface area contributed by atoms with E-state index in [0.29, 0.717) is 18.8 Å². The van der Waals surface area contributed by atoms with Gasteiger partial charge in [0.05, 0.1) is 12.6 Å². The Balaban J connectivity index is 0.00000192. The van der Waals surface area contributed by atoms with Gasteiger partial charge in [-0.05, 0) is 49.8 Å². The minimum atomic E-state index is -0.304. The van der Waals surface area contributed by atoms with Crippen LogP contribution < -0.4 is 15.8 Å². The summed E-state index contributed by atoms with van der Waals surface area (Å²) in [5, 5.41) is 3.05. The Kier molecular flexibility index (Phi) is 6.25. The van der Waals surface area contributed by atoms with Gasteiger partial charge >= 0.3 is 0 Å². The zero-order valence-electron chi connectivity index (χ0n) is 13.1. The summed E-state index contributed by atoms with van der Waals surface area (Å²) in [5.74, 6) is 0.640. The van der Waals surface area contributed by atoms with Crippen LogP contribution >= 0.6 is 12.4 Å². The predicted molar refractivity (Wildman–Crippen MR) is 89.2 cm³/mol. The summed E-state index contributed by atoms with van der Waals surface area (Å²) in [7, 11) is 0. The maximum atomic E-state index is 13.5. The van der Waals surface area contributed by atoms with Crippen LogP contribution in [0.5, 0.6) is 5.75 Å². The number of amides is 1. The third kappa shape index (κ3) is 4.36. The van der Waals surface area contributed by atoms with E-state index in [1.54, 1.807) is 6.07 Å². The third-order valence-electron chi connectivity index (χ3n) is 4.74. The van der Waals surface area contributed by atoms with Gasteiger partial charge in [0.15, 0.2) is 0 Å². The highest BCUT2D eigenvalue weighted by atomic mass is 35.5. The molecule has 2 aliphatic rings. The number of halogens is 2. The Hall–Kier alpha value is -1.33. The first-order chi connectivity index (χ1) is 10.6. The second kappa shape index (κ2) is 7.97. The van der Waals surface area contributed by atoms with Crippen molar-refractivity contribution in [3.8, 4) is 5.75 Å². The summed E-state index contributed by atoms with van der Waals surface area (Å²) in [6.07, 6.45) is 5.19. The maximum absolute atomic E-state index is 13.5. The van der Waals surface area contributed by atoms with E-state index in [-0.39, 0.29) is 42.1 Å². The van der Waals surface area contributed by atoms with Crippen molar-refractivity contribution in [2.45, 2.75) is 50.6 Å². The fourth-order valence-electron chi connectivity index (χ4n) is 3.51. The van der Waals surface area contributed by atoms with Gasteiger partial charge in [-0.3, -0.25) is 4.79 Å². The van der Waals surface area contributed by atoms with Crippen molar-refractivity contribution in [3.05, 3.63) is 29.6 Å². The molecular formula is C17H24ClFN2O2. The summed E-state index contributed by atoms with van der Waals surface area (Å²) >= 11 is 0. The molecule has 1 aromatic rings. The first-order valence-corrected chi connectivity index (χ1v) is 8.10. The zero-order chi connectivity index (χ0) is 15.5. The summed E-state index contributed by atoms with van der Waals surface area (Å²) in [4.78, 5) is 12.3. The number of nitrogens with two attached hydrogens (primary N) is 1. The first-order valence-electron chi connectivity index (χ1n) is 8.10. The van der Waals surface area contributed by atoms with E-state index >= 15 is 0 Å². The molecule has 1 unspecified atom stereocenters. The highest BCUT2D eigenvalue weighted by Gasteiger charge is 2.28. The molecule has 3 N–H and O–H groups in total. The number of carbonyl (C=O) groups excluding carboxylic acids is 1. The monoisotopic (exact) mass is 342 g/mol. The van der Waals surface area contributed by atoms with Crippen molar-refractivity contribution in [3.63, 3.8) is 0 Å². The van der Waals surface area contributed by atoms with Crippen LogP contribution in [0, 0.1) is 11.7 Å². The van der Waals surface area contributed by atoms with Crippen LogP contribution in [0.1, 0.15) is 50.1 Å². The minimum Gasteiger partial charge on any atom is -0.493 e. The van der Waals surface area contributed by atoms with Crippen molar-refractivity contribution < 1.29 is 13.9 Å². The van der Waals surface area contributed by atoms with Crippen molar-refractivity contribution in [2.75, 3.05) is 6.61 Å². The maximum Gasteiger partial charge on any atom is 0.220 e. The molecule has 1 amide bonds. The average molecular weight is 343 g/mol. The van der Waals surface area contributed by atoms with Gasteiger partial charge in [0.1, 0.15) is 11.6 Å². The molecule has 1 heterocycles. The lowest BCUT2D eigenvalue weighted by Crippen LogP contribution is -2.33. The summed E-state index contributed by atoms with van der Waals surface area (Å²) in [6, 6.07) is 4.45. The molecule has 3 atom stereocenters. The molecule has 0 aromatic heterocycles. The molecular weight excluding hydrogens is 319 g/mol. The number of rotatable bonds is 3. The molecule has 128 valence electrons. The van der Waals surface area contributed by atoms with Crippen LogP contribution in [0.25, 0.3) is 0 Å². The van der Waals surface area contributed by atoms with E-state index < -0.39 is 0 Å². The molecule has 23 heavy (non-hydrogen) atoms. The molecule has 6 heteroatoms. The topological polar surface area (TPSA) is 64.4 Å². The quantitative estimate of drug-likeness (QED) is 0.887. The molecule has 0 radical (unpaired) electrons. The van der Waals surface area contributed by atoms with Gasteiger partial charge in [0.2, 0.25) is 5.91 Å².